The van der Waals surface area contributed by atoms with E-state index < -0.39 is 48.4 Å². The van der Waals surface area contributed by atoms with Crippen LogP contribution in [0, 0.1) is 5.92 Å². The van der Waals surface area contributed by atoms with Crippen LogP contribution in [0.4, 0.5) is 0 Å². The molecule has 6 N–H and O–H groups in total. The van der Waals surface area contributed by atoms with Crippen LogP contribution >= 0.6 is 0 Å². The van der Waals surface area contributed by atoms with Crippen LogP contribution in [-0.4, -0.2) is 77.4 Å². The summed E-state index contributed by atoms with van der Waals surface area (Å²) < 4.78 is 0. The number of carbonyl (C=O) groups is 5. The van der Waals surface area contributed by atoms with E-state index in [4.69, 9.17) is 10.8 Å². The third kappa shape index (κ3) is 6.80. The first kappa shape index (κ1) is 23.3. The van der Waals surface area contributed by atoms with Crippen molar-refractivity contribution in [2.45, 2.75) is 51.7 Å². The van der Waals surface area contributed by atoms with Gasteiger partial charge in [-0.05, 0) is 25.7 Å². The summed E-state index contributed by atoms with van der Waals surface area (Å²) in [4.78, 5) is 60.5. The van der Waals surface area contributed by atoms with E-state index in [0.717, 1.165) is 0 Å². The molecule has 0 spiro atoms. The van der Waals surface area contributed by atoms with Crippen molar-refractivity contribution in [1.29, 1.82) is 0 Å². The maximum absolute atomic E-state index is 12.3. The number of amides is 4. The molecule has 3 unspecified atom stereocenters. The number of aliphatic carboxylic acids is 1. The van der Waals surface area contributed by atoms with Crippen molar-refractivity contribution in [3.05, 3.63) is 0 Å². The molecule has 158 valence electrons. The molecule has 1 rings (SSSR count). The summed E-state index contributed by atoms with van der Waals surface area (Å²) in [7, 11) is 0. The van der Waals surface area contributed by atoms with Gasteiger partial charge >= 0.3 is 5.97 Å². The monoisotopic (exact) mass is 399 g/mol. The Labute approximate surface area is 163 Å². The second-order valence-corrected chi connectivity index (χ2v) is 7.10. The van der Waals surface area contributed by atoms with Gasteiger partial charge in [-0.3, -0.25) is 24.0 Å². The Bertz CT molecular complexity index is 621. The quantitative estimate of drug-likeness (QED) is 0.292. The lowest BCUT2D eigenvalue weighted by molar-refractivity contribution is -0.139. The molecule has 1 aliphatic heterocycles. The molecule has 11 heteroatoms. The van der Waals surface area contributed by atoms with Gasteiger partial charge < -0.3 is 31.7 Å². The molecule has 0 aromatic carbocycles. The Kier molecular flexibility index (Phi) is 8.83. The second kappa shape index (κ2) is 10.6. The summed E-state index contributed by atoms with van der Waals surface area (Å²) in [6.07, 6.45) is 1.15. The van der Waals surface area contributed by atoms with Gasteiger partial charge in [-0.2, -0.15) is 0 Å². The fourth-order valence-corrected chi connectivity index (χ4v) is 2.88. The summed E-state index contributed by atoms with van der Waals surface area (Å²) in [6, 6.07) is -2.33. The van der Waals surface area contributed by atoms with E-state index in [1.54, 1.807) is 20.8 Å². The highest BCUT2D eigenvalue weighted by atomic mass is 16.4. The molecule has 0 aliphatic carbocycles. The largest absolute Gasteiger partial charge is 0.480 e. The highest BCUT2D eigenvalue weighted by molar-refractivity contribution is 5.94. The number of rotatable bonds is 9. The molecule has 0 aromatic heterocycles. The molecule has 0 saturated carbocycles. The van der Waals surface area contributed by atoms with Crippen LogP contribution < -0.4 is 21.7 Å². The van der Waals surface area contributed by atoms with Gasteiger partial charge in [0.2, 0.25) is 23.6 Å². The Morgan fingerprint density at radius 1 is 1.11 bits per heavy atom. The van der Waals surface area contributed by atoms with E-state index in [2.05, 4.69) is 16.0 Å². The van der Waals surface area contributed by atoms with Gasteiger partial charge in [0.1, 0.15) is 18.6 Å². The Morgan fingerprint density at radius 2 is 1.75 bits per heavy atom. The van der Waals surface area contributed by atoms with Crippen molar-refractivity contribution in [2.75, 3.05) is 19.6 Å². The molecule has 3 atom stereocenters. The minimum absolute atomic E-state index is 0.289. The molecule has 1 fully saturated rings. The highest BCUT2D eigenvalue weighted by Crippen LogP contribution is 2.18. The van der Waals surface area contributed by atoms with Crippen LogP contribution in [0.2, 0.25) is 0 Å². The molecule has 0 aromatic rings. The first-order chi connectivity index (χ1) is 13.0. The van der Waals surface area contributed by atoms with Crippen LogP contribution in [0.15, 0.2) is 0 Å². The van der Waals surface area contributed by atoms with Crippen LogP contribution in [0.1, 0.15) is 33.6 Å². The lowest BCUT2D eigenvalue weighted by Gasteiger charge is -2.25. The molecular weight excluding hydrogens is 370 g/mol. The summed E-state index contributed by atoms with van der Waals surface area (Å²) in [6.45, 7) is 4.44. The maximum Gasteiger partial charge on any atom is 0.322 e. The van der Waals surface area contributed by atoms with Crippen LogP contribution in [-0.2, 0) is 24.0 Å². The minimum Gasteiger partial charge on any atom is -0.480 e. The number of hydrogen-bond donors (Lipinski definition) is 5. The second-order valence-electron chi connectivity index (χ2n) is 7.10. The van der Waals surface area contributed by atoms with Crippen LogP contribution in [0.5, 0.6) is 0 Å². The molecule has 0 radical (unpaired) electrons. The van der Waals surface area contributed by atoms with Crippen LogP contribution in [0.3, 0.4) is 0 Å². The standard InChI is InChI=1S/C17H29N5O6/c1-9(2)14(16(27)20-8-13(24)25)21-12(23)7-19-15(26)11-5-4-6-22(11)17(28)10(3)18/h9-11,14H,4-8,18H2,1-3H3,(H,19,26)(H,20,27)(H,21,23)(H,24,25). The van der Waals surface area contributed by atoms with E-state index in [1.807, 2.05) is 0 Å². The fraction of sp³-hybridized carbons (Fsp3) is 0.706. The number of nitrogens with one attached hydrogen (secondary N) is 3. The zero-order valence-corrected chi connectivity index (χ0v) is 16.4. The molecule has 28 heavy (non-hydrogen) atoms. The lowest BCUT2D eigenvalue weighted by atomic mass is 10.0. The first-order valence-corrected chi connectivity index (χ1v) is 9.17. The average Bonchev–Trinajstić information content (AvgIpc) is 3.10. The van der Waals surface area contributed by atoms with Gasteiger partial charge in [0, 0.05) is 6.54 Å². The van der Waals surface area contributed by atoms with Gasteiger partial charge in [-0.15, -0.1) is 0 Å². The predicted molar refractivity (Wildman–Crippen MR) is 98.8 cm³/mol. The van der Waals surface area contributed by atoms with Crippen LogP contribution in [0.25, 0.3) is 0 Å². The lowest BCUT2D eigenvalue weighted by Crippen LogP contribution is -2.54. The normalized spacial score (nSPS) is 18.3. The van der Waals surface area contributed by atoms with Crippen molar-refractivity contribution in [2.24, 2.45) is 11.7 Å². The van der Waals surface area contributed by atoms with Crippen molar-refractivity contribution in [3.8, 4) is 0 Å². The van der Waals surface area contributed by atoms with Crippen molar-refractivity contribution in [1.82, 2.24) is 20.9 Å². The number of carboxylic acid groups (broad SMARTS) is 1. The maximum atomic E-state index is 12.3. The van der Waals surface area contributed by atoms with E-state index in [9.17, 15) is 24.0 Å². The fourth-order valence-electron chi connectivity index (χ4n) is 2.88. The Balaban J connectivity index is 2.57. The topological polar surface area (TPSA) is 171 Å². The molecule has 1 saturated heterocycles. The third-order valence-corrected chi connectivity index (χ3v) is 4.33. The van der Waals surface area contributed by atoms with Gasteiger partial charge in [0.05, 0.1) is 12.6 Å². The molecule has 1 aliphatic rings. The van der Waals surface area contributed by atoms with Gasteiger partial charge in [0.15, 0.2) is 0 Å². The van der Waals surface area contributed by atoms with Crippen molar-refractivity contribution >= 4 is 29.6 Å². The van der Waals surface area contributed by atoms with Gasteiger partial charge in [-0.25, -0.2) is 0 Å². The summed E-state index contributed by atoms with van der Waals surface area (Å²) in [5, 5.41) is 15.8. The number of carboxylic acids is 1. The first-order valence-electron chi connectivity index (χ1n) is 9.17. The zero-order valence-electron chi connectivity index (χ0n) is 16.4. The summed E-state index contributed by atoms with van der Waals surface area (Å²) in [5.74, 6) is -3.49. The molecular formula is C17H29N5O6. The van der Waals surface area contributed by atoms with E-state index in [1.165, 1.54) is 4.90 Å². The molecule has 0 bridgehead atoms. The van der Waals surface area contributed by atoms with E-state index in [0.29, 0.717) is 19.4 Å². The van der Waals surface area contributed by atoms with Gasteiger partial charge in [-0.1, -0.05) is 13.8 Å². The predicted octanol–water partition coefficient (Wildman–Crippen LogP) is -2.22. The Morgan fingerprint density at radius 3 is 2.29 bits per heavy atom. The molecule has 4 amide bonds. The average molecular weight is 399 g/mol. The van der Waals surface area contributed by atoms with Crippen molar-refractivity contribution < 1.29 is 29.1 Å². The summed E-state index contributed by atoms with van der Waals surface area (Å²) >= 11 is 0. The Hall–Kier alpha value is -2.69. The SMILES string of the molecule is CC(N)C(=O)N1CCCC1C(=O)NCC(=O)NC(C(=O)NCC(=O)O)C(C)C. The zero-order chi connectivity index (χ0) is 21.4. The summed E-state index contributed by atoms with van der Waals surface area (Å²) in [5.41, 5.74) is 5.59. The van der Waals surface area contributed by atoms with E-state index in [-0.39, 0.29) is 18.4 Å². The minimum atomic E-state index is -1.20. The number of hydrogen-bond acceptors (Lipinski definition) is 6. The highest BCUT2D eigenvalue weighted by Gasteiger charge is 2.35. The number of likely N-dealkylation sites (tertiary alicyclic amines) is 1. The van der Waals surface area contributed by atoms with Gasteiger partial charge in [0.25, 0.3) is 0 Å². The third-order valence-electron chi connectivity index (χ3n) is 4.33. The number of nitrogens with zero attached hydrogens (tertiary/aromatic N) is 1. The van der Waals surface area contributed by atoms with E-state index >= 15 is 0 Å². The molecule has 11 nitrogen and oxygen atoms in total. The smallest absolute Gasteiger partial charge is 0.322 e. The number of nitrogens with two attached hydrogens (primary N) is 1. The number of carbonyl (C=O) groups excluding carboxylic acids is 4. The molecule has 1 heterocycles. The van der Waals surface area contributed by atoms with Crippen molar-refractivity contribution in [3.63, 3.8) is 0 Å².